The fourth-order valence-electron chi connectivity index (χ4n) is 2.53. The van der Waals surface area contributed by atoms with E-state index in [1.807, 2.05) is 24.3 Å². The number of nitrogens with one attached hydrogen (secondary N) is 1. The number of ether oxygens (including phenoxy) is 3. The van der Waals surface area contributed by atoms with Gasteiger partial charge in [0.25, 0.3) is 0 Å². The molecule has 0 atom stereocenters. The summed E-state index contributed by atoms with van der Waals surface area (Å²) in [5, 5.41) is 0. The molecule has 0 unspecified atom stereocenters. The molecule has 0 radical (unpaired) electrons. The van der Waals surface area contributed by atoms with Crippen LogP contribution in [0.15, 0.2) is 51.8 Å². The van der Waals surface area contributed by atoms with Gasteiger partial charge < -0.3 is 14.2 Å². The van der Waals surface area contributed by atoms with Gasteiger partial charge in [0.1, 0.15) is 19.8 Å². The summed E-state index contributed by atoms with van der Waals surface area (Å²) in [5.74, 6) is 0.561. The summed E-state index contributed by atoms with van der Waals surface area (Å²) in [6.45, 7) is 1.14. The van der Waals surface area contributed by atoms with Gasteiger partial charge in [0.2, 0.25) is 10.0 Å². The van der Waals surface area contributed by atoms with Crippen LogP contribution in [0.25, 0.3) is 0 Å². The number of carbonyl (C=O) groups is 1. The largest absolute Gasteiger partial charge is 0.486 e. The normalized spacial score (nSPS) is 13.2. The van der Waals surface area contributed by atoms with Crippen LogP contribution in [0.2, 0.25) is 0 Å². The first-order valence-electron chi connectivity index (χ1n) is 8.73. The number of hydrogen-bond acceptors (Lipinski definition) is 6. The van der Waals surface area contributed by atoms with Gasteiger partial charge in [-0.1, -0.05) is 28.1 Å². The van der Waals surface area contributed by atoms with Crippen molar-refractivity contribution < 1.29 is 27.4 Å². The van der Waals surface area contributed by atoms with E-state index in [4.69, 9.17) is 14.2 Å². The highest BCUT2D eigenvalue weighted by Crippen LogP contribution is 2.32. The van der Waals surface area contributed by atoms with Gasteiger partial charge in [0.15, 0.2) is 11.5 Å². The Morgan fingerprint density at radius 1 is 1.07 bits per heavy atom. The Hall–Kier alpha value is -2.10. The average molecular weight is 470 g/mol. The second-order valence-corrected chi connectivity index (χ2v) is 8.78. The fraction of sp³-hybridized carbons (Fsp3) is 0.316. The SMILES string of the molecule is O=C(CCCNS(=O)(=O)c1ccc2c(c1)OCCO2)OCc1ccc(Br)cc1. The molecule has 9 heteroatoms. The van der Waals surface area contributed by atoms with Crippen molar-refractivity contribution in [2.24, 2.45) is 0 Å². The third-order valence-electron chi connectivity index (χ3n) is 3.99. The molecule has 3 rings (SSSR count). The van der Waals surface area contributed by atoms with Gasteiger partial charge in [-0.3, -0.25) is 4.79 Å². The number of benzene rings is 2. The van der Waals surface area contributed by atoms with E-state index in [2.05, 4.69) is 20.7 Å². The first kappa shape index (κ1) is 20.6. The van der Waals surface area contributed by atoms with E-state index in [1.165, 1.54) is 12.1 Å². The number of sulfonamides is 1. The summed E-state index contributed by atoms with van der Waals surface area (Å²) < 4.78 is 44.2. The lowest BCUT2D eigenvalue weighted by Gasteiger charge is -2.18. The summed E-state index contributed by atoms with van der Waals surface area (Å²) in [5.41, 5.74) is 0.885. The average Bonchev–Trinajstić information content (AvgIpc) is 2.70. The predicted octanol–water partition coefficient (Wildman–Crippen LogP) is 3.02. The lowest BCUT2D eigenvalue weighted by atomic mass is 10.2. The van der Waals surface area contributed by atoms with Gasteiger partial charge in [-0.05, 0) is 36.2 Å². The quantitative estimate of drug-likeness (QED) is 0.471. The monoisotopic (exact) mass is 469 g/mol. The maximum Gasteiger partial charge on any atom is 0.306 e. The molecule has 0 saturated heterocycles. The van der Waals surface area contributed by atoms with Crippen molar-refractivity contribution in [1.82, 2.24) is 4.72 Å². The van der Waals surface area contributed by atoms with E-state index in [0.29, 0.717) is 31.1 Å². The Kier molecular flexibility index (Phi) is 6.93. The van der Waals surface area contributed by atoms with Crippen molar-refractivity contribution in [2.75, 3.05) is 19.8 Å². The molecule has 0 amide bonds. The maximum atomic E-state index is 12.4. The lowest BCUT2D eigenvalue weighted by molar-refractivity contribution is -0.145. The fourth-order valence-corrected chi connectivity index (χ4v) is 3.88. The van der Waals surface area contributed by atoms with Crippen molar-refractivity contribution in [3.63, 3.8) is 0 Å². The van der Waals surface area contributed by atoms with Gasteiger partial charge in [0.05, 0.1) is 4.90 Å². The number of hydrogen-bond donors (Lipinski definition) is 1. The second-order valence-electron chi connectivity index (χ2n) is 6.09. The molecule has 0 aromatic heterocycles. The molecular formula is C19H20BrNO6S. The van der Waals surface area contributed by atoms with Crippen LogP contribution in [0.3, 0.4) is 0 Å². The zero-order valence-electron chi connectivity index (χ0n) is 15.0. The summed E-state index contributed by atoms with van der Waals surface area (Å²) >= 11 is 3.34. The second kappa shape index (κ2) is 9.40. The molecule has 2 aromatic carbocycles. The van der Waals surface area contributed by atoms with Gasteiger partial charge >= 0.3 is 5.97 Å². The van der Waals surface area contributed by atoms with Crippen LogP contribution in [-0.2, 0) is 26.2 Å². The highest BCUT2D eigenvalue weighted by Gasteiger charge is 2.19. The first-order valence-corrected chi connectivity index (χ1v) is 11.0. The predicted molar refractivity (Wildman–Crippen MR) is 106 cm³/mol. The highest BCUT2D eigenvalue weighted by molar-refractivity contribution is 9.10. The van der Waals surface area contributed by atoms with Gasteiger partial charge in [-0.15, -0.1) is 0 Å². The van der Waals surface area contributed by atoms with Crippen molar-refractivity contribution in [1.29, 1.82) is 0 Å². The van der Waals surface area contributed by atoms with E-state index < -0.39 is 10.0 Å². The Morgan fingerprint density at radius 2 is 1.79 bits per heavy atom. The van der Waals surface area contributed by atoms with E-state index in [1.54, 1.807) is 6.07 Å². The van der Waals surface area contributed by atoms with Crippen molar-refractivity contribution >= 4 is 31.9 Å². The topological polar surface area (TPSA) is 90.9 Å². The molecule has 1 aliphatic heterocycles. The summed E-state index contributed by atoms with van der Waals surface area (Å²) in [4.78, 5) is 11.9. The minimum absolute atomic E-state index is 0.0922. The van der Waals surface area contributed by atoms with Crippen molar-refractivity contribution in [2.45, 2.75) is 24.3 Å². The molecule has 2 aromatic rings. The summed E-state index contributed by atoms with van der Waals surface area (Å²) in [7, 11) is -3.69. The molecule has 1 heterocycles. The number of halogens is 1. The smallest absolute Gasteiger partial charge is 0.306 e. The zero-order chi connectivity index (χ0) is 20.0. The molecule has 150 valence electrons. The van der Waals surface area contributed by atoms with Crippen LogP contribution in [0, 0.1) is 0 Å². The van der Waals surface area contributed by atoms with Crippen molar-refractivity contribution in [3.05, 3.63) is 52.5 Å². The van der Waals surface area contributed by atoms with Crippen LogP contribution in [0.1, 0.15) is 18.4 Å². The molecule has 1 N–H and O–H groups in total. The molecule has 0 bridgehead atoms. The van der Waals surface area contributed by atoms with Crippen LogP contribution in [0.5, 0.6) is 11.5 Å². The minimum Gasteiger partial charge on any atom is -0.486 e. The molecule has 0 saturated carbocycles. The highest BCUT2D eigenvalue weighted by atomic mass is 79.9. The van der Waals surface area contributed by atoms with Gasteiger partial charge in [-0.2, -0.15) is 0 Å². The summed E-state index contributed by atoms with van der Waals surface area (Å²) in [6.07, 6.45) is 0.461. The Labute approximate surface area is 172 Å². The number of esters is 1. The van der Waals surface area contributed by atoms with Crippen LogP contribution >= 0.6 is 15.9 Å². The summed E-state index contributed by atoms with van der Waals surface area (Å²) in [6, 6.07) is 11.9. The van der Waals surface area contributed by atoms with E-state index in [-0.39, 0.29) is 30.4 Å². The van der Waals surface area contributed by atoms with Crippen molar-refractivity contribution in [3.8, 4) is 11.5 Å². The molecule has 28 heavy (non-hydrogen) atoms. The first-order chi connectivity index (χ1) is 13.4. The third kappa shape index (κ3) is 5.70. The molecule has 0 fully saturated rings. The van der Waals surface area contributed by atoms with Gasteiger partial charge in [0, 0.05) is 23.5 Å². The standard InChI is InChI=1S/C19H20BrNO6S/c20-15-5-3-14(4-6-15)13-27-19(22)2-1-9-21-28(23,24)16-7-8-17-18(12-16)26-11-10-25-17/h3-8,12,21H,1-2,9-11,13H2. The molecule has 0 aliphatic carbocycles. The molecule has 7 nitrogen and oxygen atoms in total. The van der Waals surface area contributed by atoms with E-state index >= 15 is 0 Å². The van der Waals surface area contributed by atoms with E-state index in [9.17, 15) is 13.2 Å². The number of rotatable bonds is 8. The molecule has 0 spiro atoms. The number of carbonyl (C=O) groups excluding carboxylic acids is 1. The lowest BCUT2D eigenvalue weighted by Crippen LogP contribution is -2.25. The maximum absolute atomic E-state index is 12.4. The Morgan fingerprint density at radius 3 is 2.54 bits per heavy atom. The van der Waals surface area contributed by atoms with E-state index in [0.717, 1.165) is 10.0 Å². The Balaban J connectivity index is 1.42. The van der Waals surface area contributed by atoms with Crippen LogP contribution in [-0.4, -0.2) is 34.1 Å². The molecular weight excluding hydrogens is 450 g/mol. The van der Waals surface area contributed by atoms with Gasteiger partial charge in [-0.25, -0.2) is 13.1 Å². The van der Waals surface area contributed by atoms with Crippen LogP contribution in [0.4, 0.5) is 0 Å². The minimum atomic E-state index is -3.69. The Bertz CT molecular complexity index is 930. The molecule has 1 aliphatic rings. The van der Waals surface area contributed by atoms with Crippen LogP contribution < -0.4 is 14.2 Å². The number of fused-ring (bicyclic) bond motifs is 1. The third-order valence-corrected chi connectivity index (χ3v) is 5.97. The zero-order valence-corrected chi connectivity index (χ0v) is 17.4.